The molecule has 0 aliphatic carbocycles. The molecule has 0 unspecified atom stereocenters. The average molecular weight is 1150 g/mol. The van der Waals surface area contributed by atoms with Crippen LogP contribution >= 0.6 is 0 Å². The maximum atomic E-state index is 4.78. The Hall–Kier alpha value is -11.7. The van der Waals surface area contributed by atoms with Crippen molar-refractivity contribution in [1.29, 1.82) is 0 Å². The molecule has 0 atom stereocenters. The van der Waals surface area contributed by atoms with Gasteiger partial charge in [-0.15, -0.1) is 0 Å². The van der Waals surface area contributed by atoms with Crippen molar-refractivity contribution in [2.45, 2.75) is 0 Å². The summed E-state index contributed by atoms with van der Waals surface area (Å²) in [7, 11) is 0. The third kappa shape index (κ3) is 11.7. The van der Waals surface area contributed by atoms with Gasteiger partial charge in [0.1, 0.15) is 0 Å². The molecule has 0 radical (unpaired) electrons. The van der Waals surface area contributed by atoms with E-state index < -0.39 is 0 Å². The van der Waals surface area contributed by atoms with Gasteiger partial charge in [0.25, 0.3) is 0 Å². The maximum Gasteiger partial charge on any atom is -0.00137 e. The van der Waals surface area contributed by atoms with E-state index in [1.54, 1.807) is 0 Å². The SMILES string of the molecule is C=C(c1ccccc1)c1ccc(-c2c(-c3ccc(C(=C)c4ccccc4)cc3)c(-c3ccc(C(=C)c4ccccc4)cc3)c(-c3cccc(C(=C)c4ccccc4)c3)c(-c3cccc(C(=C)c4ccccc4)c3)c2-c2ccc(C(=C)c3ccccc3)cc2)cc1. The van der Waals surface area contributed by atoms with Crippen LogP contribution in [0.5, 0.6) is 0 Å². The van der Waals surface area contributed by atoms with E-state index in [0.29, 0.717) is 0 Å². The van der Waals surface area contributed by atoms with Gasteiger partial charge >= 0.3 is 0 Å². The Kier molecular flexibility index (Phi) is 16.4. The Morgan fingerprint density at radius 1 is 0.133 bits per heavy atom. The van der Waals surface area contributed by atoms with E-state index in [1.165, 1.54) is 0 Å². The molecule has 13 aromatic carbocycles. The van der Waals surface area contributed by atoms with E-state index in [9.17, 15) is 0 Å². The summed E-state index contributed by atoms with van der Waals surface area (Å²) in [5, 5.41) is 0. The summed E-state index contributed by atoms with van der Waals surface area (Å²) >= 11 is 0. The van der Waals surface area contributed by atoms with E-state index in [-0.39, 0.29) is 0 Å². The molecule has 0 N–H and O–H groups in total. The van der Waals surface area contributed by atoms with Gasteiger partial charge in [-0.25, -0.2) is 0 Å². The van der Waals surface area contributed by atoms with Gasteiger partial charge in [-0.05, 0) is 179 Å². The monoisotopic (exact) mass is 1150 g/mol. The molecular weight excluding hydrogens is 1080 g/mol. The normalized spacial score (nSPS) is 10.9. The number of hydrogen-bond acceptors (Lipinski definition) is 0. The van der Waals surface area contributed by atoms with E-state index in [0.717, 1.165) is 167 Å². The van der Waals surface area contributed by atoms with E-state index in [4.69, 9.17) is 13.2 Å². The first-order valence-corrected chi connectivity index (χ1v) is 30.5. The molecule has 90 heavy (non-hydrogen) atoms. The minimum absolute atomic E-state index is 0.934. The topological polar surface area (TPSA) is 0 Å². The smallest absolute Gasteiger partial charge is 0.00137 e. The molecule has 0 saturated carbocycles. The molecule has 0 heteroatoms. The van der Waals surface area contributed by atoms with Crippen molar-refractivity contribution in [2.75, 3.05) is 0 Å². The lowest BCUT2D eigenvalue weighted by Gasteiger charge is -2.29. The lowest BCUT2D eigenvalue weighted by molar-refractivity contribution is 1.48. The fourth-order valence-electron chi connectivity index (χ4n) is 12.4. The molecule has 0 nitrogen and oxygen atoms in total. The summed E-state index contributed by atoms with van der Waals surface area (Å²) in [6, 6.07) is 117. The first kappa shape index (κ1) is 57.4. The summed E-state index contributed by atoms with van der Waals surface area (Å²) in [5.41, 5.74) is 30.9. The molecule has 0 fully saturated rings. The Balaban J connectivity index is 1.19. The lowest BCUT2D eigenvalue weighted by Crippen LogP contribution is -2.03. The highest BCUT2D eigenvalue weighted by atomic mass is 14.3. The molecule has 13 rings (SSSR count). The zero-order valence-electron chi connectivity index (χ0n) is 50.4. The minimum atomic E-state index is 0.934. The molecule has 0 spiro atoms. The van der Waals surface area contributed by atoms with Crippen molar-refractivity contribution in [3.8, 4) is 66.8 Å². The largest absolute Gasteiger partial charge is 0.0906 e. The van der Waals surface area contributed by atoms with Gasteiger partial charge in [0.05, 0.1) is 0 Å². The summed E-state index contributed by atoms with van der Waals surface area (Å²) in [6.45, 7) is 28.2. The van der Waals surface area contributed by atoms with Crippen LogP contribution in [0.15, 0.2) is 367 Å². The van der Waals surface area contributed by atoms with Crippen LogP contribution in [0.25, 0.3) is 100 Å². The first-order chi connectivity index (χ1) is 44.2. The van der Waals surface area contributed by atoms with Crippen LogP contribution in [-0.2, 0) is 0 Å². The Labute approximate surface area is 530 Å². The number of rotatable bonds is 18. The van der Waals surface area contributed by atoms with Crippen LogP contribution in [0.2, 0.25) is 0 Å². The molecule has 0 aliphatic rings. The van der Waals surface area contributed by atoms with Gasteiger partial charge in [0.2, 0.25) is 0 Å². The van der Waals surface area contributed by atoms with Crippen LogP contribution in [0, 0.1) is 0 Å². The lowest BCUT2D eigenvalue weighted by atomic mass is 9.73. The van der Waals surface area contributed by atoms with Gasteiger partial charge < -0.3 is 0 Å². The van der Waals surface area contributed by atoms with Crippen molar-refractivity contribution in [3.05, 3.63) is 434 Å². The molecule has 0 heterocycles. The van der Waals surface area contributed by atoms with Gasteiger partial charge in [0.15, 0.2) is 0 Å². The van der Waals surface area contributed by atoms with Crippen molar-refractivity contribution in [1.82, 2.24) is 0 Å². The Morgan fingerprint density at radius 3 is 0.489 bits per heavy atom. The molecule has 0 bridgehead atoms. The molecule has 13 aromatic rings. The van der Waals surface area contributed by atoms with Crippen LogP contribution in [0.3, 0.4) is 0 Å². The van der Waals surface area contributed by atoms with Crippen LogP contribution < -0.4 is 0 Å². The average Bonchev–Trinajstić information content (AvgIpc) is 0.737. The molecule has 0 aliphatic heterocycles. The highest BCUT2D eigenvalue weighted by Gasteiger charge is 2.30. The summed E-state index contributed by atoms with van der Waals surface area (Å²) < 4.78 is 0. The molecule has 0 saturated heterocycles. The molecular formula is C90H66. The molecule has 0 amide bonds. The first-order valence-electron chi connectivity index (χ1n) is 30.5. The van der Waals surface area contributed by atoms with Crippen molar-refractivity contribution in [2.24, 2.45) is 0 Å². The van der Waals surface area contributed by atoms with Crippen LogP contribution in [0.1, 0.15) is 66.8 Å². The van der Waals surface area contributed by atoms with Crippen molar-refractivity contribution in [3.63, 3.8) is 0 Å². The van der Waals surface area contributed by atoms with E-state index in [2.05, 4.69) is 330 Å². The number of benzene rings is 13. The third-order valence-electron chi connectivity index (χ3n) is 17.3. The van der Waals surface area contributed by atoms with Gasteiger partial charge in [-0.3, -0.25) is 0 Å². The second-order valence-electron chi connectivity index (χ2n) is 22.8. The third-order valence-corrected chi connectivity index (χ3v) is 17.3. The standard InChI is InChI=1S/C90H66/c1-61(67-27-13-7-14-28-67)73-43-51-77(52-44-73)85-86(78-53-45-74(46-54-78)62(2)68-29-15-8-16-30-68)88(80-57-49-76(50-58-80)64(4)70-33-19-10-20-34-70)90(84-42-26-40-82(60-84)66(6)72-37-23-12-24-38-72)89(83-41-25-39-81(59-83)65(5)71-35-21-11-22-36-71)87(85)79-55-47-75(48-56-79)63(3)69-31-17-9-18-32-69/h7-60H,1-6H2. The minimum Gasteiger partial charge on any atom is -0.0906 e. The predicted octanol–water partition coefficient (Wildman–Crippen LogP) is 24.1. The van der Waals surface area contributed by atoms with E-state index in [1.807, 2.05) is 24.3 Å². The summed E-state index contributed by atoms with van der Waals surface area (Å²) in [5.74, 6) is 0. The maximum absolute atomic E-state index is 4.78. The molecule has 426 valence electrons. The highest BCUT2D eigenvalue weighted by molar-refractivity contribution is 6.16. The Bertz CT molecular complexity index is 4490. The van der Waals surface area contributed by atoms with E-state index >= 15 is 0 Å². The highest BCUT2D eigenvalue weighted by Crippen LogP contribution is 2.57. The van der Waals surface area contributed by atoms with Crippen LogP contribution in [0.4, 0.5) is 0 Å². The summed E-state index contributed by atoms with van der Waals surface area (Å²) in [4.78, 5) is 0. The van der Waals surface area contributed by atoms with Gasteiger partial charge in [-0.1, -0.05) is 355 Å². The molecule has 0 aromatic heterocycles. The predicted molar refractivity (Wildman–Crippen MR) is 387 cm³/mol. The fourth-order valence-corrected chi connectivity index (χ4v) is 12.4. The summed E-state index contributed by atoms with van der Waals surface area (Å²) in [6.07, 6.45) is 0. The number of hydrogen-bond donors (Lipinski definition) is 0. The van der Waals surface area contributed by atoms with Gasteiger partial charge in [-0.2, -0.15) is 0 Å². The van der Waals surface area contributed by atoms with Gasteiger partial charge in [0, 0.05) is 0 Å². The fraction of sp³-hybridized carbons (Fsp3) is 0. The quantitative estimate of drug-likeness (QED) is 0.0803. The second-order valence-corrected chi connectivity index (χ2v) is 22.8. The zero-order chi connectivity index (χ0) is 61.5. The van der Waals surface area contributed by atoms with Crippen LogP contribution in [-0.4, -0.2) is 0 Å². The Morgan fingerprint density at radius 2 is 0.289 bits per heavy atom. The van der Waals surface area contributed by atoms with Crippen molar-refractivity contribution < 1.29 is 0 Å². The van der Waals surface area contributed by atoms with Crippen molar-refractivity contribution >= 4 is 33.4 Å². The second kappa shape index (κ2) is 25.7. The zero-order valence-corrected chi connectivity index (χ0v) is 50.4.